The Morgan fingerprint density at radius 1 is 0.469 bits per heavy atom. The maximum Gasteiger partial charge on any atom is 0.307 e. The van der Waals surface area contributed by atoms with Crippen molar-refractivity contribution in [3.8, 4) is 0 Å². The molecule has 0 spiro atoms. The van der Waals surface area contributed by atoms with Crippen LogP contribution >= 0.6 is 0 Å². The highest BCUT2D eigenvalue weighted by molar-refractivity contribution is 5.69. The van der Waals surface area contributed by atoms with Gasteiger partial charge in [-0.3, -0.25) is 19.4 Å². The summed E-state index contributed by atoms with van der Waals surface area (Å²) in [5, 5.41) is 0. The summed E-state index contributed by atoms with van der Waals surface area (Å²) in [6.45, 7) is 9.67. The first kappa shape index (κ1) is 44.8. The number of unbranched alkanes of at least 4 members (excludes halogenated alkanes) is 16. The third kappa shape index (κ3) is 31.5. The maximum atomic E-state index is 12.2. The Labute approximate surface area is 302 Å². The van der Waals surface area contributed by atoms with Gasteiger partial charge in [0.25, 0.3) is 0 Å². The quantitative estimate of drug-likeness (QED) is 0.0389. The van der Waals surface area contributed by atoms with E-state index in [0.29, 0.717) is 26.2 Å². The van der Waals surface area contributed by atoms with Crippen LogP contribution in [0, 0.1) is 0 Å². The molecule has 1 aliphatic heterocycles. The number of nitrogens with zero attached hydrogens (tertiary/aromatic N) is 2. The van der Waals surface area contributed by atoms with E-state index >= 15 is 0 Å². The first-order chi connectivity index (χ1) is 24.2. The minimum absolute atomic E-state index is 0.0691. The van der Waals surface area contributed by atoms with E-state index in [0.717, 1.165) is 84.1 Å². The topological polar surface area (TPSA) is 59.1 Å². The fourth-order valence-corrected chi connectivity index (χ4v) is 5.90. The summed E-state index contributed by atoms with van der Waals surface area (Å²) in [6.07, 6.45) is 45.5. The average Bonchev–Trinajstić information content (AvgIpc) is 3.11. The highest BCUT2D eigenvalue weighted by Crippen LogP contribution is 2.11. The number of piperazine rings is 1. The lowest BCUT2D eigenvalue weighted by atomic mass is 10.1. The van der Waals surface area contributed by atoms with Crippen molar-refractivity contribution < 1.29 is 19.1 Å². The van der Waals surface area contributed by atoms with Crippen LogP contribution in [0.15, 0.2) is 48.6 Å². The smallest absolute Gasteiger partial charge is 0.307 e. The Kier molecular flexibility index (Phi) is 32.6. The fraction of sp³-hybridized carbons (Fsp3) is 0.767. The van der Waals surface area contributed by atoms with Crippen LogP contribution in [0.5, 0.6) is 0 Å². The zero-order valence-corrected chi connectivity index (χ0v) is 32.1. The molecule has 282 valence electrons. The van der Waals surface area contributed by atoms with Gasteiger partial charge < -0.3 is 9.47 Å². The van der Waals surface area contributed by atoms with Gasteiger partial charge in [-0.25, -0.2) is 0 Å². The van der Waals surface area contributed by atoms with Crippen molar-refractivity contribution >= 4 is 11.9 Å². The van der Waals surface area contributed by atoms with Crippen LogP contribution in [0.2, 0.25) is 0 Å². The predicted molar refractivity (Wildman–Crippen MR) is 209 cm³/mol. The van der Waals surface area contributed by atoms with Crippen molar-refractivity contribution in [1.82, 2.24) is 9.80 Å². The Balaban J connectivity index is 1.88. The number of esters is 2. The summed E-state index contributed by atoms with van der Waals surface area (Å²) in [5.74, 6) is -0.149. The molecule has 0 radical (unpaired) electrons. The number of carbonyl (C=O) groups is 2. The molecule has 1 heterocycles. The fourth-order valence-electron chi connectivity index (χ4n) is 5.90. The minimum Gasteiger partial charge on any atom is -0.464 e. The number of allylic oxidation sites excluding steroid dienone is 8. The zero-order chi connectivity index (χ0) is 35.3. The number of carbonyl (C=O) groups excluding carboxylic acids is 2. The molecule has 0 atom stereocenters. The number of rotatable bonds is 33. The molecule has 1 rings (SSSR count). The monoisotopic (exact) mass is 685 g/mol. The van der Waals surface area contributed by atoms with Crippen LogP contribution in [-0.2, 0) is 19.1 Å². The lowest BCUT2D eigenvalue weighted by molar-refractivity contribution is -0.149. The molecule has 0 N–H and O–H groups in total. The van der Waals surface area contributed by atoms with E-state index in [4.69, 9.17) is 9.47 Å². The SMILES string of the molecule is CCCCC/C=C\C/C=C\CCCCCCCC(=O)OCCN1CCN(COC(=O)CCCCCCC/C=C\C/C=C\CCCCC)CC1. The van der Waals surface area contributed by atoms with Crippen LogP contribution in [0.1, 0.15) is 168 Å². The van der Waals surface area contributed by atoms with E-state index < -0.39 is 0 Å². The van der Waals surface area contributed by atoms with Gasteiger partial charge in [-0.15, -0.1) is 0 Å². The highest BCUT2D eigenvalue weighted by Gasteiger charge is 2.18. The molecule has 0 aromatic rings. The van der Waals surface area contributed by atoms with Crippen molar-refractivity contribution in [3.05, 3.63) is 48.6 Å². The highest BCUT2D eigenvalue weighted by atomic mass is 16.5. The third-order valence-corrected chi connectivity index (χ3v) is 9.21. The van der Waals surface area contributed by atoms with Crippen LogP contribution in [0.4, 0.5) is 0 Å². The Morgan fingerprint density at radius 2 is 0.857 bits per heavy atom. The molecule has 1 fully saturated rings. The first-order valence-electron chi connectivity index (χ1n) is 20.5. The number of hydrogen-bond donors (Lipinski definition) is 0. The molecular formula is C43H76N2O4. The van der Waals surface area contributed by atoms with Crippen LogP contribution in [-0.4, -0.2) is 67.8 Å². The van der Waals surface area contributed by atoms with Crippen LogP contribution < -0.4 is 0 Å². The summed E-state index contributed by atoms with van der Waals surface area (Å²) in [7, 11) is 0. The molecule has 0 aliphatic carbocycles. The maximum absolute atomic E-state index is 12.2. The van der Waals surface area contributed by atoms with E-state index in [-0.39, 0.29) is 11.9 Å². The molecular weight excluding hydrogens is 608 g/mol. The molecule has 0 bridgehead atoms. The summed E-state index contributed by atoms with van der Waals surface area (Å²) in [6, 6.07) is 0. The molecule has 1 aliphatic rings. The lowest BCUT2D eigenvalue weighted by Crippen LogP contribution is -2.48. The number of hydrogen-bond acceptors (Lipinski definition) is 6. The summed E-state index contributed by atoms with van der Waals surface area (Å²) in [4.78, 5) is 28.8. The van der Waals surface area contributed by atoms with Gasteiger partial charge >= 0.3 is 11.9 Å². The van der Waals surface area contributed by atoms with Crippen molar-refractivity contribution in [3.63, 3.8) is 0 Å². The van der Waals surface area contributed by atoms with Crippen molar-refractivity contribution in [2.24, 2.45) is 0 Å². The molecule has 1 saturated heterocycles. The van der Waals surface area contributed by atoms with Gasteiger partial charge in [0.1, 0.15) is 13.3 Å². The summed E-state index contributed by atoms with van der Waals surface area (Å²) < 4.78 is 11.0. The van der Waals surface area contributed by atoms with Crippen molar-refractivity contribution in [1.29, 1.82) is 0 Å². The average molecular weight is 685 g/mol. The zero-order valence-electron chi connectivity index (χ0n) is 32.1. The molecule has 0 saturated carbocycles. The van der Waals surface area contributed by atoms with Gasteiger partial charge in [-0.2, -0.15) is 0 Å². The summed E-state index contributed by atoms with van der Waals surface area (Å²) in [5.41, 5.74) is 0. The predicted octanol–water partition coefficient (Wildman–Crippen LogP) is 11.3. The second kappa shape index (κ2) is 35.6. The number of ether oxygens (including phenoxy) is 2. The van der Waals surface area contributed by atoms with Gasteiger partial charge in [0.05, 0.1) is 0 Å². The standard InChI is InChI=1S/C43H76N2O4/c1-3-5-7-9-11-13-15-17-19-21-23-25-27-29-31-33-42(46)48-40-39-44-35-37-45(38-36-44)41-49-43(47)34-32-30-28-26-24-22-20-18-16-14-12-10-8-6-4-2/h11-14,17-20H,3-10,15-16,21-41H2,1-2H3/b13-11-,14-12-,19-17-,20-18-. The third-order valence-electron chi connectivity index (χ3n) is 9.21. The van der Waals surface area contributed by atoms with E-state index in [9.17, 15) is 9.59 Å². The van der Waals surface area contributed by atoms with Gasteiger partial charge in [0.2, 0.25) is 0 Å². The van der Waals surface area contributed by atoms with Gasteiger partial charge in [0.15, 0.2) is 0 Å². The molecule has 6 heteroatoms. The van der Waals surface area contributed by atoms with E-state index in [1.54, 1.807) is 0 Å². The Morgan fingerprint density at radius 3 is 1.33 bits per heavy atom. The second-order valence-corrected chi connectivity index (χ2v) is 13.8. The first-order valence-corrected chi connectivity index (χ1v) is 20.5. The largest absolute Gasteiger partial charge is 0.464 e. The van der Waals surface area contributed by atoms with Crippen molar-refractivity contribution in [2.75, 3.05) is 46.1 Å². The van der Waals surface area contributed by atoms with Crippen LogP contribution in [0.3, 0.4) is 0 Å². The molecule has 0 aromatic carbocycles. The normalized spacial score (nSPS) is 14.7. The lowest BCUT2D eigenvalue weighted by Gasteiger charge is -2.33. The molecule has 6 nitrogen and oxygen atoms in total. The van der Waals surface area contributed by atoms with Gasteiger partial charge in [-0.1, -0.05) is 127 Å². The van der Waals surface area contributed by atoms with E-state index in [1.807, 2.05) is 0 Å². The molecule has 49 heavy (non-hydrogen) atoms. The van der Waals surface area contributed by atoms with E-state index in [2.05, 4.69) is 72.3 Å². The van der Waals surface area contributed by atoms with Gasteiger partial charge in [-0.05, 0) is 77.0 Å². The van der Waals surface area contributed by atoms with Crippen LogP contribution in [0.25, 0.3) is 0 Å². The molecule has 0 amide bonds. The Hall–Kier alpha value is -2.18. The van der Waals surface area contributed by atoms with Crippen molar-refractivity contribution in [2.45, 2.75) is 168 Å². The Bertz CT molecular complexity index is 873. The minimum atomic E-state index is -0.0795. The van der Waals surface area contributed by atoms with Gasteiger partial charge in [0, 0.05) is 45.6 Å². The molecule has 0 unspecified atom stereocenters. The summed E-state index contributed by atoms with van der Waals surface area (Å²) >= 11 is 0. The van der Waals surface area contributed by atoms with E-state index in [1.165, 1.54) is 89.9 Å². The second-order valence-electron chi connectivity index (χ2n) is 13.8. The molecule has 0 aromatic heterocycles.